The standard InChI is InChI=1S/C19H18ClNO3/c1-11-15(20)6-4-7-16(11)21-19(23)12(2)24-18-8-3-5-13-14(18)9-10-17(13)22/h3-8,12H,9-10H2,1-2H3,(H,21,23). The van der Waals surface area contributed by atoms with Crippen LogP contribution in [0, 0.1) is 6.92 Å². The average Bonchev–Trinajstić information content (AvgIpc) is 2.94. The zero-order valence-electron chi connectivity index (χ0n) is 13.6. The van der Waals surface area contributed by atoms with E-state index in [4.69, 9.17) is 16.3 Å². The summed E-state index contributed by atoms with van der Waals surface area (Å²) in [6.07, 6.45) is 0.468. The van der Waals surface area contributed by atoms with Crippen LogP contribution >= 0.6 is 11.6 Å². The Balaban J connectivity index is 1.74. The van der Waals surface area contributed by atoms with Gasteiger partial charge in [-0.2, -0.15) is 0 Å². The summed E-state index contributed by atoms with van der Waals surface area (Å²) in [7, 11) is 0. The Morgan fingerprint density at radius 3 is 2.75 bits per heavy atom. The average molecular weight is 344 g/mol. The van der Waals surface area contributed by atoms with Crippen molar-refractivity contribution in [3.8, 4) is 5.75 Å². The topological polar surface area (TPSA) is 55.4 Å². The molecule has 2 aromatic rings. The van der Waals surface area contributed by atoms with Crippen molar-refractivity contribution >= 4 is 29.0 Å². The number of benzene rings is 2. The second-order valence-corrected chi connectivity index (χ2v) is 6.27. The van der Waals surface area contributed by atoms with Gasteiger partial charge in [0.2, 0.25) is 0 Å². The van der Waals surface area contributed by atoms with Crippen LogP contribution in [0.5, 0.6) is 5.75 Å². The maximum Gasteiger partial charge on any atom is 0.265 e. The highest BCUT2D eigenvalue weighted by Gasteiger charge is 2.25. The van der Waals surface area contributed by atoms with Crippen molar-refractivity contribution in [2.45, 2.75) is 32.8 Å². The van der Waals surface area contributed by atoms with Crippen LogP contribution < -0.4 is 10.1 Å². The number of carbonyl (C=O) groups is 2. The lowest BCUT2D eigenvalue weighted by Crippen LogP contribution is -2.30. The van der Waals surface area contributed by atoms with E-state index in [9.17, 15) is 9.59 Å². The predicted molar refractivity (Wildman–Crippen MR) is 94.0 cm³/mol. The van der Waals surface area contributed by atoms with Crippen molar-refractivity contribution in [2.24, 2.45) is 0 Å². The van der Waals surface area contributed by atoms with Crippen LogP contribution in [0.2, 0.25) is 5.02 Å². The fraction of sp³-hybridized carbons (Fsp3) is 0.263. The lowest BCUT2D eigenvalue weighted by Gasteiger charge is -2.18. The van der Waals surface area contributed by atoms with E-state index in [1.807, 2.05) is 6.92 Å². The van der Waals surface area contributed by atoms with Gasteiger partial charge in [-0.15, -0.1) is 0 Å². The molecule has 5 heteroatoms. The van der Waals surface area contributed by atoms with Gasteiger partial charge in [-0.25, -0.2) is 0 Å². The van der Waals surface area contributed by atoms with Gasteiger partial charge in [0.15, 0.2) is 11.9 Å². The number of anilines is 1. The van der Waals surface area contributed by atoms with Crippen LogP contribution in [0.4, 0.5) is 5.69 Å². The van der Waals surface area contributed by atoms with Gasteiger partial charge in [0.25, 0.3) is 5.91 Å². The number of ketones is 1. The van der Waals surface area contributed by atoms with Crippen molar-refractivity contribution in [3.63, 3.8) is 0 Å². The summed E-state index contributed by atoms with van der Waals surface area (Å²) in [6.45, 7) is 3.53. The molecule has 4 nitrogen and oxygen atoms in total. The number of amides is 1. The van der Waals surface area contributed by atoms with Gasteiger partial charge in [0.05, 0.1) is 0 Å². The number of hydrogen-bond donors (Lipinski definition) is 1. The lowest BCUT2D eigenvalue weighted by molar-refractivity contribution is -0.122. The number of rotatable bonds is 4. The fourth-order valence-corrected chi connectivity index (χ4v) is 2.96. The molecule has 124 valence electrons. The van der Waals surface area contributed by atoms with Crippen LogP contribution in [-0.2, 0) is 11.2 Å². The molecule has 1 unspecified atom stereocenters. The largest absolute Gasteiger partial charge is 0.481 e. The van der Waals surface area contributed by atoms with E-state index in [0.717, 1.165) is 11.1 Å². The van der Waals surface area contributed by atoms with Gasteiger partial charge in [-0.05, 0) is 44.0 Å². The molecule has 0 aliphatic heterocycles. The van der Waals surface area contributed by atoms with Crippen LogP contribution in [0.1, 0.15) is 34.8 Å². The molecule has 1 N–H and O–H groups in total. The van der Waals surface area contributed by atoms with E-state index < -0.39 is 6.10 Å². The molecule has 1 aliphatic carbocycles. The normalized spacial score (nSPS) is 14.2. The predicted octanol–water partition coefficient (Wildman–Crippen LogP) is 4.18. The highest BCUT2D eigenvalue weighted by atomic mass is 35.5. The summed E-state index contributed by atoms with van der Waals surface area (Å²) in [4.78, 5) is 24.2. The maximum absolute atomic E-state index is 12.4. The minimum atomic E-state index is -0.689. The van der Waals surface area contributed by atoms with Crippen molar-refractivity contribution in [1.29, 1.82) is 0 Å². The summed E-state index contributed by atoms with van der Waals surface area (Å²) in [5.41, 5.74) is 3.06. The highest BCUT2D eigenvalue weighted by molar-refractivity contribution is 6.31. The van der Waals surface area contributed by atoms with Gasteiger partial charge in [-0.3, -0.25) is 9.59 Å². The first-order chi connectivity index (χ1) is 11.5. The van der Waals surface area contributed by atoms with E-state index in [-0.39, 0.29) is 11.7 Å². The molecule has 0 spiro atoms. The highest BCUT2D eigenvalue weighted by Crippen LogP contribution is 2.31. The molecule has 0 fully saturated rings. The fourth-order valence-electron chi connectivity index (χ4n) is 2.79. The number of halogens is 1. The zero-order chi connectivity index (χ0) is 17.3. The van der Waals surface area contributed by atoms with Gasteiger partial charge in [-0.1, -0.05) is 29.8 Å². The Kier molecular flexibility index (Phi) is 4.58. The molecule has 1 atom stereocenters. The molecule has 0 bridgehead atoms. The third-order valence-electron chi connectivity index (χ3n) is 4.23. The molecular formula is C19H18ClNO3. The van der Waals surface area contributed by atoms with Crippen molar-refractivity contribution in [2.75, 3.05) is 5.32 Å². The Labute approximate surface area is 145 Å². The molecule has 2 aromatic carbocycles. The van der Waals surface area contributed by atoms with Crippen LogP contribution in [-0.4, -0.2) is 17.8 Å². The second-order valence-electron chi connectivity index (χ2n) is 5.87. The Bertz CT molecular complexity index is 816. The SMILES string of the molecule is Cc1c(Cl)cccc1NC(=O)C(C)Oc1cccc2c1CCC2=O. The minimum absolute atomic E-state index is 0.127. The number of Topliss-reactive ketones (excluding diaryl/α,β-unsaturated/α-hetero) is 1. The molecule has 0 aromatic heterocycles. The molecule has 0 saturated heterocycles. The number of hydrogen-bond acceptors (Lipinski definition) is 3. The van der Waals surface area contributed by atoms with E-state index >= 15 is 0 Å². The van der Waals surface area contributed by atoms with E-state index in [0.29, 0.717) is 34.9 Å². The second kappa shape index (κ2) is 6.65. The first-order valence-corrected chi connectivity index (χ1v) is 8.23. The van der Waals surface area contributed by atoms with Crippen LogP contribution in [0.3, 0.4) is 0 Å². The van der Waals surface area contributed by atoms with Crippen molar-refractivity contribution < 1.29 is 14.3 Å². The zero-order valence-corrected chi connectivity index (χ0v) is 14.3. The van der Waals surface area contributed by atoms with Crippen molar-refractivity contribution in [3.05, 3.63) is 58.1 Å². The first kappa shape index (κ1) is 16.5. The van der Waals surface area contributed by atoms with Gasteiger partial charge < -0.3 is 10.1 Å². The van der Waals surface area contributed by atoms with Crippen molar-refractivity contribution in [1.82, 2.24) is 0 Å². The smallest absolute Gasteiger partial charge is 0.265 e. The molecule has 3 rings (SSSR count). The number of ether oxygens (including phenoxy) is 1. The monoisotopic (exact) mass is 343 g/mol. The summed E-state index contributed by atoms with van der Waals surface area (Å²) < 4.78 is 5.81. The van der Waals surface area contributed by atoms with Crippen LogP contribution in [0.15, 0.2) is 36.4 Å². The third-order valence-corrected chi connectivity index (χ3v) is 4.64. The lowest BCUT2D eigenvalue weighted by atomic mass is 10.1. The summed E-state index contributed by atoms with van der Waals surface area (Å²) in [6, 6.07) is 10.7. The number of nitrogens with one attached hydrogen (secondary N) is 1. The van der Waals surface area contributed by atoms with Gasteiger partial charge in [0.1, 0.15) is 5.75 Å². The first-order valence-electron chi connectivity index (χ1n) is 7.85. The Hall–Kier alpha value is -2.33. The maximum atomic E-state index is 12.4. The van der Waals surface area contributed by atoms with Gasteiger partial charge in [0, 0.05) is 28.3 Å². The minimum Gasteiger partial charge on any atom is -0.481 e. The summed E-state index contributed by atoms with van der Waals surface area (Å²) >= 11 is 6.07. The molecule has 1 aliphatic rings. The Morgan fingerprint density at radius 1 is 1.21 bits per heavy atom. The molecule has 0 heterocycles. The molecule has 1 amide bonds. The van der Waals surface area contributed by atoms with E-state index in [1.54, 1.807) is 43.3 Å². The van der Waals surface area contributed by atoms with Crippen LogP contribution in [0.25, 0.3) is 0 Å². The van der Waals surface area contributed by atoms with E-state index in [1.165, 1.54) is 0 Å². The quantitative estimate of drug-likeness (QED) is 0.905. The molecule has 24 heavy (non-hydrogen) atoms. The number of fused-ring (bicyclic) bond motifs is 1. The summed E-state index contributed by atoms with van der Waals surface area (Å²) in [5.74, 6) is 0.466. The Morgan fingerprint density at radius 2 is 1.96 bits per heavy atom. The third kappa shape index (κ3) is 3.15. The molecule has 0 saturated carbocycles. The van der Waals surface area contributed by atoms with E-state index in [2.05, 4.69) is 5.32 Å². The molecular weight excluding hydrogens is 326 g/mol. The number of carbonyl (C=O) groups excluding carboxylic acids is 2. The molecule has 0 radical (unpaired) electrons. The summed E-state index contributed by atoms with van der Waals surface area (Å²) in [5, 5.41) is 3.43. The van der Waals surface area contributed by atoms with Gasteiger partial charge >= 0.3 is 0 Å².